The molecular weight excluding hydrogens is 144 g/mol. The fourth-order valence-corrected chi connectivity index (χ4v) is 1.11. The van der Waals surface area contributed by atoms with E-state index < -0.39 is 0 Å². The third-order valence-electron chi connectivity index (χ3n) is 1.85. The zero-order valence-corrected chi connectivity index (χ0v) is 10.4. The van der Waals surface area contributed by atoms with Gasteiger partial charge >= 0.3 is 0 Å². The van der Waals surface area contributed by atoms with Crippen LogP contribution in [0.25, 0.3) is 0 Å². The van der Waals surface area contributed by atoms with Crippen LogP contribution in [0.3, 0.4) is 0 Å². The van der Waals surface area contributed by atoms with Gasteiger partial charge in [-0.2, -0.15) is 0 Å². The molecule has 0 aromatic heterocycles. The Bertz CT molecular complexity index is 35.3. The van der Waals surface area contributed by atoms with Crippen molar-refractivity contribution in [3.8, 4) is 0 Å². The number of hydrogen-bond donors (Lipinski definition) is 0. The van der Waals surface area contributed by atoms with Gasteiger partial charge in [0.05, 0.1) is 0 Å². The quantitative estimate of drug-likeness (QED) is 0.544. The van der Waals surface area contributed by atoms with Crippen LogP contribution >= 0.6 is 0 Å². The topological polar surface area (TPSA) is 0 Å². The van der Waals surface area contributed by atoms with Gasteiger partial charge in [0.25, 0.3) is 0 Å². The normalized spacial score (nSPS) is 8.00. The summed E-state index contributed by atoms with van der Waals surface area (Å²) >= 11 is 0. The van der Waals surface area contributed by atoms with Crippen LogP contribution in [0.15, 0.2) is 0 Å². The highest BCUT2D eigenvalue weighted by Gasteiger charge is 1.98. The molecule has 0 saturated heterocycles. The van der Waals surface area contributed by atoms with Crippen LogP contribution in [0.4, 0.5) is 0 Å². The molecule has 0 heteroatoms. The first-order chi connectivity index (χ1) is 5.85. The highest BCUT2D eigenvalue weighted by atomic mass is 14.0. The van der Waals surface area contributed by atoms with Crippen molar-refractivity contribution in [1.82, 2.24) is 0 Å². The molecule has 0 bridgehead atoms. The van der Waals surface area contributed by atoms with Gasteiger partial charge in [-0.15, -0.1) is 0 Å². The van der Waals surface area contributed by atoms with Crippen LogP contribution in [0.5, 0.6) is 0 Å². The van der Waals surface area contributed by atoms with E-state index in [0.29, 0.717) is 0 Å². The summed E-state index contributed by atoms with van der Waals surface area (Å²) in [7, 11) is 0. The zero-order chi connectivity index (χ0) is 10.4. The molecule has 0 aromatic carbocycles. The molecule has 0 radical (unpaired) electrons. The molecule has 0 fully saturated rings. The lowest BCUT2D eigenvalue weighted by Gasteiger charge is -2.08. The average molecular weight is 174 g/mol. The second kappa shape index (κ2) is 22.4. The lowest BCUT2D eigenvalue weighted by molar-refractivity contribution is 0.451. The summed E-state index contributed by atoms with van der Waals surface area (Å²) in [6.45, 7) is 14.8. The molecule has 0 aromatic rings. The Morgan fingerprint density at radius 3 is 1.17 bits per heavy atom. The van der Waals surface area contributed by atoms with Crippen molar-refractivity contribution in [2.75, 3.05) is 0 Å². The van der Waals surface area contributed by atoms with Gasteiger partial charge in [-0.1, -0.05) is 74.1 Å². The van der Waals surface area contributed by atoms with E-state index in [1.165, 1.54) is 25.7 Å². The first kappa shape index (κ1) is 17.9. The minimum Gasteiger partial charge on any atom is -0.0683 e. The molecule has 0 heterocycles. The van der Waals surface area contributed by atoms with Crippen molar-refractivity contribution in [1.29, 1.82) is 0 Å². The second-order valence-electron chi connectivity index (χ2n) is 2.47. The molecule has 0 atom stereocenters. The molecule has 0 aliphatic heterocycles. The minimum atomic E-state index is 1.000. The summed E-state index contributed by atoms with van der Waals surface area (Å²) in [6, 6.07) is 0. The smallest absolute Gasteiger partial charge is 0.0420 e. The van der Waals surface area contributed by atoms with Gasteiger partial charge < -0.3 is 0 Å². The van der Waals surface area contributed by atoms with Crippen LogP contribution < -0.4 is 0 Å². The van der Waals surface area contributed by atoms with Crippen LogP contribution in [0.2, 0.25) is 0 Å². The predicted octanol–water partition coefficient (Wildman–Crippen LogP) is 5.28. The minimum absolute atomic E-state index is 1.000. The Hall–Kier alpha value is 0. The Morgan fingerprint density at radius 1 is 0.750 bits per heavy atom. The van der Waals surface area contributed by atoms with E-state index in [4.69, 9.17) is 0 Å². The average Bonchev–Trinajstić information content (AvgIpc) is 2.20. The van der Waals surface area contributed by atoms with E-state index in [9.17, 15) is 0 Å². The molecule has 12 heavy (non-hydrogen) atoms. The summed E-state index contributed by atoms with van der Waals surface area (Å²) in [4.78, 5) is 0. The first-order valence-electron chi connectivity index (χ1n) is 5.85. The number of hydrogen-bond acceptors (Lipinski definition) is 0. The van der Waals surface area contributed by atoms with Gasteiger partial charge in [0, 0.05) is 0 Å². The largest absolute Gasteiger partial charge is 0.0683 e. The molecule has 0 amide bonds. The molecule has 0 aliphatic rings. The standard InChI is InChI=1S/C8H18.2C2H6/c1-4-7-8(5-2)6-3;2*1-2/h8H,4-7H2,1-3H3;2*1-2H3. The van der Waals surface area contributed by atoms with Gasteiger partial charge in [0.1, 0.15) is 0 Å². The van der Waals surface area contributed by atoms with Crippen molar-refractivity contribution in [2.45, 2.75) is 74.1 Å². The SMILES string of the molecule is CC.CC.CCCC(CC)CC. The van der Waals surface area contributed by atoms with Crippen molar-refractivity contribution in [3.63, 3.8) is 0 Å². The van der Waals surface area contributed by atoms with Crippen molar-refractivity contribution >= 4 is 0 Å². The second-order valence-corrected chi connectivity index (χ2v) is 2.47. The van der Waals surface area contributed by atoms with Gasteiger partial charge in [-0.05, 0) is 5.92 Å². The molecule has 0 spiro atoms. The van der Waals surface area contributed by atoms with Crippen LogP contribution in [0, 0.1) is 5.92 Å². The van der Waals surface area contributed by atoms with Crippen LogP contribution in [-0.2, 0) is 0 Å². The van der Waals surface area contributed by atoms with Crippen LogP contribution in [-0.4, -0.2) is 0 Å². The van der Waals surface area contributed by atoms with Crippen molar-refractivity contribution in [2.24, 2.45) is 5.92 Å². The highest BCUT2D eigenvalue weighted by Crippen LogP contribution is 2.13. The summed E-state index contributed by atoms with van der Waals surface area (Å²) in [6.07, 6.45) is 5.51. The third kappa shape index (κ3) is 16.5. The van der Waals surface area contributed by atoms with E-state index in [0.717, 1.165) is 5.92 Å². The Labute approximate surface area is 80.8 Å². The van der Waals surface area contributed by atoms with Gasteiger partial charge in [0.15, 0.2) is 0 Å². The molecule has 0 rings (SSSR count). The fourth-order valence-electron chi connectivity index (χ4n) is 1.11. The van der Waals surface area contributed by atoms with Crippen molar-refractivity contribution < 1.29 is 0 Å². The van der Waals surface area contributed by atoms with E-state index in [-0.39, 0.29) is 0 Å². The monoisotopic (exact) mass is 174 g/mol. The Kier molecular flexibility index (Phi) is 33.5. The molecular formula is C12H30. The molecule has 0 unspecified atom stereocenters. The fraction of sp³-hybridized carbons (Fsp3) is 1.00. The summed E-state index contributed by atoms with van der Waals surface area (Å²) in [5.41, 5.74) is 0. The summed E-state index contributed by atoms with van der Waals surface area (Å²) in [5, 5.41) is 0. The lowest BCUT2D eigenvalue weighted by atomic mass is 9.98. The van der Waals surface area contributed by atoms with Gasteiger partial charge in [-0.25, -0.2) is 0 Å². The van der Waals surface area contributed by atoms with Gasteiger partial charge in [-0.3, -0.25) is 0 Å². The maximum absolute atomic E-state index is 2.28. The maximum atomic E-state index is 2.28. The summed E-state index contributed by atoms with van der Waals surface area (Å²) in [5.74, 6) is 1.000. The first-order valence-corrected chi connectivity index (χ1v) is 5.85. The van der Waals surface area contributed by atoms with E-state index in [2.05, 4.69) is 20.8 Å². The molecule has 0 aliphatic carbocycles. The lowest BCUT2D eigenvalue weighted by Crippen LogP contribution is -1.94. The maximum Gasteiger partial charge on any atom is -0.0420 e. The van der Waals surface area contributed by atoms with E-state index in [1.54, 1.807) is 0 Å². The van der Waals surface area contributed by atoms with E-state index in [1.807, 2.05) is 27.7 Å². The van der Waals surface area contributed by atoms with Crippen LogP contribution in [0.1, 0.15) is 74.1 Å². The van der Waals surface area contributed by atoms with Crippen molar-refractivity contribution in [3.05, 3.63) is 0 Å². The zero-order valence-electron chi connectivity index (χ0n) is 10.4. The Morgan fingerprint density at radius 2 is 1.08 bits per heavy atom. The third-order valence-corrected chi connectivity index (χ3v) is 1.85. The molecule has 0 nitrogen and oxygen atoms in total. The Balaban J connectivity index is -0.000000175. The summed E-state index contributed by atoms with van der Waals surface area (Å²) < 4.78 is 0. The predicted molar refractivity (Wildman–Crippen MR) is 61.7 cm³/mol. The number of rotatable bonds is 4. The highest BCUT2D eigenvalue weighted by molar-refractivity contribution is 4.51. The molecule has 78 valence electrons. The van der Waals surface area contributed by atoms with Gasteiger partial charge in [0.2, 0.25) is 0 Å². The van der Waals surface area contributed by atoms with E-state index >= 15 is 0 Å². The molecule has 0 N–H and O–H groups in total. The molecule has 0 saturated carbocycles.